The molecule has 0 aliphatic rings. The summed E-state index contributed by atoms with van der Waals surface area (Å²) in [7, 11) is 4.49. The number of benzene rings is 2. The molecule has 9 nitrogen and oxygen atoms in total. The smallest absolute Gasteiger partial charge is 0.243 e. The van der Waals surface area contributed by atoms with Gasteiger partial charge in [0.2, 0.25) is 11.7 Å². The van der Waals surface area contributed by atoms with E-state index in [1.54, 1.807) is 30.3 Å². The molecule has 1 atom stereocenters. The zero-order chi connectivity index (χ0) is 23.7. The van der Waals surface area contributed by atoms with Gasteiger partial charge in [0.05, 0.1) is 46.3 Å². The molecule has 0 aliphatic carbocycles. The van der Waals surface area contributed by atoms with Crippen molar-refractivity contribution < 1.29 is 28.8 Å². The van der Waals surface area contributed by atoms with Gasteiger partial charge in [0, 0.05) is 6.08 Å². The first-order chi connectivity index (χ1) is 15.4. The summed E-state index contributed by atoms with van der Waals surface area (Å²) in [4.78, 5) is 12.2. The van der Waals surface area contributed by atoms with Crippen LogP contribution in [0, 0.1) is 11.3 Å². The van der Waals surface area contributed by atoms with Gasteiger partial charge in [0.15, 0.2) is 11.5 Å². The quantitative estimate of drug-likeness (QED) is 0.478. The topological polar surface area (TPSA) is 136 Å². The van der Waals surface area contributed by atoms with Crippen molar-refractivity contribution in [2.75, 3.05) is 39.9 Å². The molecule has 0 bridgehead atoms. The normalized spacial score (nSPS) is 11.8. The van der Waals surface area contributed by atoms with E-state index in [-0.39, 0.29) is 0 Å². The number of allylic oxidation sites excluding steroid dienone is 1. The summed E-state index contributed by atoms with van der Waals surface area (Å²) in [5, 5.41) is 21.2. The number of nitrogens with zero attached hydrogens (tertiary/aromatic N) is 1. The standard InChI is InChI=1S/C23H27N3O6/c1-5-32-21-12-15(11-20(30-3)22(21)31-4)16(8-9-24)14-6-7-19(29-2)18(10-14)26-23(28)17(25)13-27/h6-8,10-12,17,27H,5,13,25H2,1-4H3,(H,26,28)/b16-8+. The number of hydrogen-bond donors (Lipinski definition) is 3. The van der Waals surface area contributed by atoms with E-state index < -0.39 is 18.6 Å². The number of carbonyl (C=O) groups excluding carboxylic acids is 1. The maximum atomic E-state index is 12.2. The van der Waals surface area contributed by atoms with Gasteiger partial charge >= 0.3 is 0 Å². The van der Waals surface area contributed by atoms with E-state index in [9.17, 15) is 10.1 Å². The van der Waals surface area contributed by atoms with Crippen LogP contribution in [0.4, 0.5) is 5.69 Å². The van der Waals surface area contributed by atoms with E-state index in [0.717, 1.165) is 0 Å². The Morgan fingerprint density at radius 1 is 1.12 bits per heavy atom. The van der Waals surface area contributed by atoms with Crippen LogP contribution in [0.3, 0.4) is 0 Å². The van der Waals surface area contributed by atoms with E-state index in [4.69, 9.17) is 29.8 Å². The van der Waals surface area contributed by atoms with Crippen molar-refractivity contribution in [3.05, 3.63) is 47.5 Å². The number of anilines is 1. The molecule has 32 heavy (non-hydrogen) atoms. The van der Waals surface area contributed by atoms with Gasteiger partial charge in [-0.15, -0.1) is 0 Å². The van der Waals surface area contributed by atoms with Crippen molar-refractivity contribution >= 4 is 17.2 Å². The fourth-order valence-electron chi connectivity index (χ4n) is 3.03. The second kappa shape index (κ2) is 11.6. The minimum atomic E-state index is -1.09. The second-order valence-electron chi connectivity index (χ2n) is 6.52. The number of nitrogens with two attached hydrogens (primary N) is 1. The van der Waals surface area contributed by atoms with Crippen LogP contribution >= 0.6 is 0 Å². The number of carbonyl (C=O) groups is 1. The number of rotatable bonds is 10. The van der Waals surface area contributed by atoms with Crippen molar-refractivity contribution in [2.45, 2.75) is 13.0 Å². The molecule has 4 N–H and O–H groups in total. The molecule has 2 aromatic rings. The van der Waals surface area contributed by atoms with Crippen LogP contribution < -0.4 is 30.0 Å². The Labute approximate surface area is 187 Å². The Hall–Kier alpha value is -3.74. The maximum Gasteiger partial charge on any atom is 0.243 e. The molecule has 0 radical (unpaired) electrons. The van der Waals surface area contributed by atoms with E-state index in [2.05, 4.69) is 11.4 Å². The van der Waals surface area contributed by atoms with Crippen LogP contribution in [0.5, 0.6) is 23.0 Å². The SMILES string of the molecule is CCOc1cc(/C(=C/C#N)c2ccc(OC)c(NC(=O)C(N)CO)c2)cc(OC)c1OC. The lowest BCUT2D eigenvalue weighted by Crippen LogP contribution is -2.38. The Morgan fingerprint density at radius 3 is 2.38 bits per heavy atom. The van der Waals surface area contributed by atoms with Gasteiger partial charge in [-0.2, -0.15) is 5.26 Å². The summed E-state index contributed by atoms with van der Waals surface area (Å²) in [6.45, 7) is 1.75. The monoisotopic (exact) mass is 441 g/mol. The van der Waals surface area contributed by atoms with Gasteiger partial charge in [-0.3, -0.25) is 4.79 Å². The van der Waals surface area contributed by atoms with Crippen molar-refractivity contribution in [2.24, 2.45) is 5.73 Å². The Bertz CT molecular complexity index is 1030. The number of aliphatic hydroxyl groups excluding tert-OH is 1. The Balaban J connectivity index is 2.62. The predicted octanol–water partition coefficient (Wildman–Crippen LogP) is 2.32. The minimum absolute atomic E-state index is 0.341. The number of aliphatic hydroxyl groups is 1. The molecule has 1 amide bonds. The minimum Gasteiger partial charge on any atom is -0.495 e. The summed E-state index contributed by atoms with van der Waals surface area (Å²) in [6.07, 6.45) is 1.38. The lowest BCUT2D eigenvalue weighted by atomic mass is 9.96. The first-order valence-electron chi connectivity index (χ1n) is 9.78. The summed E-state index contributed by atoms with van der Waals surface area (Å²) < 4.78 is 21.9. The maximum absolute atomic E-state index is 12.2. The van der Waals surface area contributed by atoms with Gasteiger partial charge < -0.3 is 35.1 Å². The molecule has 0 saturated carbocycles. The van der Waals surface area contributed by atoms with Crippen LogP contribution in [-0.4, -0.2) is 51.6 Å². The van der Waals surface area contributed by atoms with Gasteiger partial charge in [-0.1, -0.05) is 6.07 Å². The van der Waals surface area contributed by atoms with Crippen molar-refractivity contribution in [3.8, 4) is 29.1 Å². The first kappa shape index (κ1) is 24.5. The van der Waals surface area contributed by atoms with E-state index in [0.29, 0.717) is 52.0 Å². The third-order valence-corrected chi connectivity index (χ3v) is 4.57. The van der Waals surface area contributed by atoms with E-state index in [1.807, 2.05) is 6.92 Å². The molecule has 2 aromatic carbocycles. The highest BCUT2D eigenvalue weighted by molar-refractivity contribution is 5.97. The molecular formula is C23H27N3O6. The highest BCUT2D eigenvalue weighted by atomic mass is 16.5. The Kier molecular flexibility index (Phi) is 8.89. The number of methoxy groups -OCH3 is 3. The summed E-state index contributed by atoms with van der Waals surface area (Å²) in [5.41, 5.74) is 7.76. The number of hydrogen-bond acceptors (Lipinski definition) is 8. The molecule has 0 saturated heterocycles. The summed E-state index contributed by atoms with van der Waals surface area (Å²) in [5.74, 6) is 1.16. The van der Waals surface area contributed by atoms with Crippen LogP contribution in [-0.2, 0) is 4.79 Å². The summed E-state index contributed by atoms with van der Waals surface area (Å²) in [6, 6.07) is 9.51. The van der Waals surface area contributed by atoms with Crippen LogP contribution in [0.25, 0.3) is 5.57 Å². The first-order valence-corrected chi connectivity index (χ1v) is 9.78. The van der Waals surface area contributed by atoms with Gasteiger partial charge in [-0.05, 0) is 47.9 Å². The third-order valence-electron chi connectivity index (χ3n) is 4.57. The predicted molar refractivity (Wildman–Crippen MR) is 120 cm³/mol. The van der Waals surface area contributed by atoms with E-state index >= 15 is 0 Å². The lowest BCUT2D eigenvalue weighted by Gasteiger charge is -2.18. The number of nitriles is 1. The molecule has 0 fully saturated rings. The van der Waals surface area contributed by atoms with Crippen molar-refractivity contribution in [1.82, 2.24) is 0 Å². The lowest BCUT2D eigenvalue weighted by molar-refractivity contribution is -0.118. The molecular weight excluding hydrogens is 414 g/mol. The molecule has 1 unspecified atom stereocenters. The van der Waals surface area contributed by atoms with Gasteiger partial charge in [-0.25, -0.2) is 0 Å². The fraction of sp³-hybridized carbons (Fsp3) is 0.304. The van der Waals surface area contributed by atoms with Crippen LogP contribution in [0.2, 0.25) is 0 Å². The molecule has 170 valence electrons. The summed E-state index contributed by atoms with van der Waals surface area (Å²) >= 11 is 0. The number of ether oxygens (including phenoxy) is 4. The molecule has 0 spiro atoms. The zero-order valence-corrected chi connectivity index (χ0v) is 18.5. The number of amides is 1. The fourth-order valence-corrected chi connectivity index (χ4v) is 3.03. The average Bonchev–Trinajstić information content (AvgIpc) is 2.81. The average molecular weight is 441 g/mol. The highest BCUT2D eigenvalue weighted by Gasteiger charge is 2.19. The molecule has 0 aliphatic heterocycles. The molecule has 2 rings (SSSR count). The largest absolute Gasteiger partial charge is 0.495 e. The zero-order valence-electron chi connectivity index (χ0n) is 18.5. The second-order valence-corrected chi connectivity index (χ2v) is 6.52. The van der Waals surface area contributed by atoms with E-state index in [1.165, 1.54) is 27.4 Å². The van der Waals surface area contributed by atoms with Crippen molar-refractivity contribution in [3.63, 3.8) is 0 Å². The van der Waals surface area contributed by atoms with Gasteiger partial charge in [0.25, 0.3) is 0 Å². The van der Waals surface area contributed by atoms with Crippen LogP contribution in [0.1, 0.15) is 18.1 Å². The third kappa shape index (κ3) is 5.49. The van der Waals surface area contributed by atoms with Crippen LogP contribution in [0.15, 0.2) is 36.4 Å². The molecule has 0 heterocycles. The Morgan fingerprint density at radius 2 is 1.81 bits per heavy atom. The molecule has 9 heteroatoms. The van der Waals surface area contributed by atoms with Gasteiger partial charge in [0.1, 0.15) is 11.8 Å². The molecule has 0 aromatic heterocycles. The highest BCUT2D eigenvalue weighted by Crippen LogP contribution is 2.42. The number of nitrogens with one attached hydrogen (secondary N) is 1. The van der Waals surface area contributed by atoms with Crippen molar-refractivity contribution in [1.29, 1.82) is 5.26 Å².